The summed E-state index contributed by atoms with van der Waals surface area (Å²) in [5.74, 6) is 0.514. The van der Waals surface area contributed by atoms with Gasteiger partial charge in [-0.25, -0.2) is 0 Å². The van der Waals surface area contributed by atoms with Gasteiger partial charge in [0.25, 0.3) is 0 Å². The number of benzene rings is 1. The predicted octanol–water partition coefficient (Wildman–Crippen LogP) is 1.47. The predicted molar refractivity (Wildman–Crippen MR) is 67.5 cm³/mol. The summed E-state index contributed by atoms with van der Waals surface area (Å²) < 4.78 is 5.77. The Bertz CT molecular complexity index is 445. The Balaban J connectivity index is 1.91. The van der Waals surface area contributed by atoms with Crippen LogP contribution >= 0.6 is 0 Å². The Hall–Kier alpha value is -1.84. The fourth-order valence-corrected chi connectivity index (χ4v) is 2.11. The molecule has 0 aliphatic carbocycles. The molecular weight excluding hydrogens is 230 g/mol. The molecule has 1 aliphatic rings. The van der Waals surface area contributed by atoms with Gasteiger partial charge in [-0.2, -0.15) is 0 Å². The molecule has 4 heteroatoms. The third-order valence-electron chi connectivity index (χ3n) is 3.03. The lowest BCUT2D eigenvalue weighted by Crippen LogP contribution is -2.43. The quantitative estimate of drug-likeness (QED) is 0.820. The molecule has 1 N–H and O–H groups in total. The van der Waals surface area contributed by atoms with E-state index in [1.807, 2.05) is 31.2 Å². The van der Waals surface area contributed by atoms with Gasteiger partial charge in [-0.3, -0.25) is 9.59 Å². The van der Waals surface area contributed by atoms with Gasteiger partial charge in [0.1, 0.15) is 17.6 Å². The van der Waals surface area contributed by atoms with Gasteiger partial charge < -0.3 is 10.1 Å². The number of Topliss-reactive ketones (excluding diaryl/α,β-unsaturated/α-hetero) is 1. The van der Waals surface area contributed by atoms with Crippen LogP contribution < -0.4 is 10.1 Å². The van der Waals surface area contributed by atoms with E-state index < -0.39 is 0 Å². The molecule has 0 spiro atoms. The van der Waals surface area contributed by atoms with Crippen molar-refractivity contribution in [2.24, 2.45) is 0 Å². The van der Waals surface area contributed by atoms with Gasteiger partial charge in [0.2, 0.25) is 5.91 Å². The number of para-hydroxylation sites is 1. The minimum atomic E-state index is -0.241. The molecule has 1 aromatic carbocycles. The third kappa shape index (κ3) is 2.88. The number of carbonyl (C=O) groups excluding carboxylic acids is 2. The zero-order valence-electron chi connectivity index (χ0n) is 10.6. The fraction of sp³-hybridized carbons (Fsp3) is 0.429. The Morgan fingerprint density at radius 3 is 2.83 bits per heavy atom. The molecule has 0 saturated carbocycles. The molecule has 1 amide bonds. The van der Waals surface area contributed by atoms with Gasteiger partial charge in [0, 0.05) is 6.42 Å². The monoisotopic (exact) mass is 247 g/mol. The molecule has 0 radical (unpaired) electrons. The smallest absolute Gasteiger partial charge is 0.227 e. The van der Waals surface area contributed by atoms with Crippen molar-refractivity contribution in [1.29, 1.82) is 0 Å². The minimum Gasteiger partial charge on any atom is -0.488 e. The average Bonchev–Trinajstić information content (AvgIpc) is 2.71. The molecule has 0 aromatic heterocycles. The maximum atomic E-state index is 11.5. The van der Waals surface area contributed by atoms with Crippen molar-refractivity contribution in [1.82, 2.24) is 5.32 Å². The molecule has 1 aromatic rings. The van der Waals surface area contributed by atoms with Crippen LogP contribution in [0.25, 0.3) is 0 Å². The molecule has 1 heterocycles. The number of ketones is 1. The van der Waals surface area contributed by atoms with E-state index in [1.165, 1.54) is 6.92 Å². The first-order valence-electron chi connectivity index (χ1n) is 6.09. The number of nitrogens with one attached hydrogen (secondary N) is 1. The first-order chi connectivity index (χ1) is 8.56. The Kier molecular flexibility index (Phi) is 3.65. The average molecular weight is 247 g/mol. The minimum absolute atomic E-state index is 0.0571. The summed E-state index contributed by atoms with van der Waals surface area (Å²) in [4.78, 5) is 22.3. The summed E-state index contributed by atoms with van der Waals surface area (Å²) >= 11 is 0. The SMILES string of the molecule is CC(=O)CC(=O)NC(C)C1Cc2ccccc2O1. The van der Waals surface area contributed by atoms with E-state index in [2.05, 4.69) is 5.32 Å². The van der Waals surface area contributed by atoms with Crippen LogP contribution in [0.5, 0.6) is 5.75 Å². The van der Waals surface area contributed by atoms with Crippen LogP contribution in [-0.2, 0) is 16.0 Å². The van der Waals surface area contributed by atoms with Crippen molar-refractivity contribution in [3.05, 3.63) is 29.8 Å². The Morgan fingerprint density at radius 2 is 2.17 bits per heavy atom. The fourth-order valence-electron chi connectivity index (χ4n) is 2.11. The second-order valence-corrected chi connectivity index (χ2v) is 4.70. The molecule has 96 valence electrons. The van der Waals surface area contributed by atoms with E-state index in [0.717, 1.165) is 17.7 Å². The maximum Gasteiger partial charge on any atom is 0.227 e. The molecule has 2 atom stereocenters. The standard InChI is InChI=1S/C14H17NO3/c1-9(16)7-14(17)15-10(2)13-8-11-5-3-4-6-12(11)18-13/h3-6,10,13H,7-8H2,1-2H3,(H,15,17). The topological polar surface area (TPSA) is 55.4 Å². The normalized spacial score (nSPS) is 18.7. The van der Waals surface area contributed by atoms with E-state index in [9.17, 15) is 9.59 Å². The summed E-state index contributed by atoms with van der Waals surface area (Å²) in [5, 5.41) is 2.80. The van der Waals surface area contributed by atoms with Crippen LogP contribution in [0.2, 0.25) is 0 Å². The molecule has 2 rings (SSSR count). The highest BCUT2D eigenvalue weighted by Crippen LogP contribution is 2.29. The van der Waals surface area contributed by atoms with Crippen molar-refractivity contribution in [2.75, 3.05) is 0 Å². The summed E-state index contributed by atoms with van der Waals surface area (Å²) in [7, 11) is 0. The van der Waals surface area contributed by atoms with Gasteiger partial charge in [0.15, 0.2) is 0 Å². The number of rotatable bonds is 4. The molecular formula is C14H17NO3. The largest absolute Gasteiger partial charge is 0.488 e. The van der Waals surface area contributed by atoms with E-state index in [-0.39, 0.29) is 30.3 Å². The highest BCUT2D eigenvalue weighted by Gasteiger charge is 2.28. The summed E-state index contributed by atoms with van der Waals surface area (Å²) in [6.07, 6.45) is 0.667. The number of fused-ring (bicyclic) bond motifs is 1. The van der Waals surface area contributed by atoms with E-state index in [0.29, 0.717) is 0 Å². The number of hydrogen-bond acceptors (Lipinski definition) is 3. The van der Waals surface area contributed by atoms with Gasteiger partial charge in [-0.05, 0) is 25.5 Å². The van der Waals surface area contributed by atoms with Crippen LogP contribution in [0.3, 0.4) is 0 Å². The first-order valence-corrected chi connectivity index (χ1v) is 6.09. The maximum absolute atomic E-state index is 11.5. The summed E-state index contributed by atoms with van der Waals surface area (Å²) in [6.45, 7) is 3.31. The number of amides is 1. The van der Waals surface area contributed by atoms with Crippen molar-refractivity contribution < 1.29 is 14.3 Å². The lowest BCUT2D eigenvalue weighted by molar-refractivity contribution is -0.127. The van der Waals surface area contributed by atoms with E-state index >= 15 is 0 Å². The van der Waals surface area contributed by atoms with Crippen LogP contribution in [0, 0.1) is 0 Å². The first kappa shape index (κ1) is 12.6. The Labute approximate surface area is 106 Å². The second kappa shape index (κ2) is 5.21. The zero-order chi connectivity index (χ0) is 13.1. The van der Waals surface area contributed by atoms with Crippen molar-refractivity contribution in [2.45, 2.75) is 38.8 Å². The molecule has 1 aliphatic heterocycles. The van der Waals surface area contributed by atoms with Gasteiger partial charge in [0.05, 0.1) is 12.5 Å². The zero-order valence-corrected chi connectivity index (χ0v) is 10.6. The molecule has 0 saturated heterocycles. The van der Waals surface area contributed by atoms with Gasteiger partial charge >= 0.3 is 0 Å². The van der Waals surface area contributed by atoms with Crippen molar-refractivity contribution in [3.8, 4) is 5.75 Å². The van der Waals surface area contributed by atoms with E-state index in [4.69, 9.17) is 4.74 Å². The van der Waals surface area contributed by atoms with Gasteiger partial charge in [-0.15, -0.1) is 0 Å². The second-order valence-electron chi connectivity index (χ2n) is 4.70. The summed E-state index contributed by atoms with van der Waals surface area (Å²) in [5.41, 5.74) is 1.16. The third-order valence-corrected chi connectivity index (χ3v) is 3.03. The summed E-state index contributed by atoms with van der Waals surface area (Å²) in [6, 6.07) is 7.76. The number of carbonyl (C=O) groups is 2. The van der Waals surface area contributed by atoms with Gasteiger partial charge in [-0.1, -0.05) is 18.2 Å². The highest BCUT2D eigenvalue weighted by atomic mass is 16.5. The lowest BCUT2D eigenvalue weighted by atomic mass is 10.1. The molecule has 4 nitrogen and oxygen atoms in total. The lowest BCUT2D eigenvalue weighted by Gasteiger charge is -2.20. The molecule has 0 bridgehead atoms. The number of hydrogen-bond donors (Lipinski definition) is 1. The highest BCUT2D eigenvalue weighted by molar-refractivity contribution is 5.96. The molecule has 18 heavy (non-hydrogen) atoms. The van der Waals surface area contributed by atoms with Crippen LogP contribution in [0.15, 0.2) is 24.3 Å². The van der Waals surface area contributed by atoms with Crippen LogP contribution in [0.4, 0.5) is 0 Å². The van der Waals surface area contributed by atoms with Crippen LogP contribution in [-0.4, -0.2) is 23.8 Å². The van der Waals surface area contributed by atoms with Crippen molar-refractivity contribution in [3.63, 3.8) is 0 Å². The van der Waals surface area contributed by atoms with Crippen LogP contribution in [0.1, 0.15) is 25.8 Å². The van der Waals surface area contributed by atoms with E-state index in [1.54, 1.807) is 0 Å². The van der Waals surface area contributed by atoms with Crippen molar-refractivity contribution >= 4 is 11.7 Å². The molecule has 2 unspecified atom stereocenters. The Morgan fingerprint density at radius 1 is 1.44 bits per heavy atom. The number of ether oxygens (including phenoxy) is 1. The molecule has 0 fully saturated rings.